The van der Waals surface area contributed by atoms with E-state index in [1.807, 2.05) is 0 Å². The van der Waals surface area contributed by atoms with Gasteiger partial charge in [-0.2, -0.15) is 0 Å². The van der Waals surface area contributed by atoms with Crippen LogP contribution in [0, 0.1) is 6.92 Å². The van der Waals surface area contributed by atoms with Gasteiger partial charge in [0, 0.05) is 10.6 Å². The van der Waals surface area contributed by atoms with Crippen LogP contribution in [0.2, 0.25) is 5.02 Å². The first-order chi connectivity index (χ1) is 8.86. The van der Waals surface area contributed by atoms with E-state index >= 15 is 0 Å². The number of halogens is 1. The van der Waals surface area contributed by atoms with Gasteiger partial charge >= 0.3 is 5.97 Å². The quantitative estimate of drug-likeness (QED) is 0.718. The lowest BCUT2D eigenvalue weighted by Crippen LogP contribution is -2.23. The Bertz CT molecular complexity index is 461. The van der Waals surface area contributed by atoms with Crippen molar-refractivity contribution < 1.29 is 24.9 Å². The number of hydrogen-bond donors (Lipinski definition) is 3. The van der Waals surface area contributed by atoms with Crippen LogP contribution in [0.15, 0.2) is 12.1 Å². The molecule has 19 heavy (non-hydrogen) atoms. The molecule has 2 unspecified atom stereocenters. The second kappa shape index (κ2) is 6.75. The predicted molar refractivity (Wildman–Crippen MR) is 70.1 cm³/mol. The van der Waals surface area contributed by atoms with E-state index in [0.29, 0.717) is 10.6 Å². The highest BCUT2D eigenvalue weighted by Gasteiger charge is 2.25. The van der Waals surface area contributed by atoms with E-state index in [2.05, 4.69) is 4.74 Å². The van der Waals surface area contributed by atoms with E-state index in [0.717, 1.165) is 0 Å². The maximum Gasteiger partial charge on any atom is 0.308 e. The first-order valence-electron chi connectivity index (χ1n) is 5.87. The standard InChI is InChI=1S/C13H17ClO5/c1-3-19-11(16)6-10(15)13(18)9-5-8(14)4-7(2)12(9)17/h4-5,10,13,15,17-18H,3,6H2,1-2H3. The smallest absolute Gasteiger partial charge is 0.308 e. The molecule has 1 rings (SSSR count). The Morgan fingerprint density at radius 2 is 2.05 bits per heavy atom. The average molecular weight is 289 g/mol. The van der Waals surface area contributed by atoms with Crippen LogP contribution in [-0.2, 0) is 9.53 Å². The third-order valence-corrected chi connectivity index (χ3v) is 2.88. The molecule has 0 spiro atoms. The number of phenols is 1. The molecule has 0 radical (unpaired) electrons. The molecule has 1 aromatic rings. The van der Waals surface area contributed by atoms with E-state index in [4.69, 9.17) is 11.6 Å². The molecule has 106 valence electrons. The van der Waals surface area contributed by atoms with Crippen molar-refractivity contribution in [3.05, 3.63) is 28.3 Å². The molecule has 6 heteroatoms. The minimum absolute atomic E-state index is 0.0850. The van der Waals surface area contributed by atoms with Crippen molar-refractivity contribution in [3.63, 3.8) is 0 Å². The SMILES string of the molecule is CCOC(=O)CC(O)C(O)c1cc(Cl)cc(C)c1O. The highest BCUT2D eigenvalue weighted by Crippen LogP contribution is 2.33. The minimum Gasteiger partial charge on any atom is -0.507 e. The molecular weight excluding hydrogens is 272 g/mol. The molecule has 0 amide bonds. The number of hydrogen-bond acceptors (Lipinski definition) is 5. The van der Waals surface area contributed by atoms with Crippen molar-refractivity contribution in [1.29, 1.82) is 0 Å². The number of ether oxygens (including phenoxy) is 1. The Labute approximate surface area is 116 Å². The van der Waals surface area contributed by atoms with Crippen LogP contribution in [0.3, 0.4) is 0 Å². The van der Waals surface area contributed by atoms with Crippen LogP contribution >= 0.6 is 11.6 Å². The molecule has 0 saturated carbocycles. The molecule has 0 aromatic heterocycles. The highest BCUT2D eigenvalue weighted by atomic mass is 35.5. The van der Waals surface area contributed by atoms with Crippen LogP contribution < -0.4 is 0 Å². The Hall–Kier alpha value is -1.30. The Balaban J connectivity index is 2.88. The summed E-state index contributed by atoms with van der Waals surface area (Å²) in [5.41, 5.74) is 0.562. The van der Waals surface area contributed by atoms with Crippen LogP contribution in [0.25, 0.3) is 0 Å². The third-order valence-electron chi connectivity index (χ3n) is 2.66. The second-order valence-electron chi connectivity index (χ2n) is 4.18. The number of aryl methyl sites for hydroxylation is 1. The van der Waals surface area contributed by atoms with E-state index < -0.39 is 18.2 Å². The monoisotopic (exact) mass is 288 g/mol. The normalized spacial score (nSPS) is 13.9. The summed E-state index contributed by atoms with van der Waals surface area (Å²) in [7, 11) is 0. The molecule has 0 fully saturated rings. The highest BCUT2D eigenvalue weighted by molar-refractivity contribution is 6.30. The van der Waals surface area contributed by atoms with Crippen LogP contribution in [0.4, 0.5) is 0 Å². The number of phenolic OH excluding ortho intramolecular Hbond substituents is 1. The fraction of sp³-hybridized carbons (Fsp3) is 0.462. The molecule has 2 atom stereocenters. The van der Waals surface area contributed by atoms with Gasteiger partial charge in [-0.3, -0.25) is 4.79 Å². The van der Waals surface area contributed by atoms with E-state index in [1.54, 1.807) is 13.8 Å². The number of esters is 1. The van der Waals surface area contributed by atoms with Crippen LogP contribution in [0.1, 0.15) is 30.6 Å². The van der Waals surface area contributed by atoms with E-state index in [-0.39, 0.29) is 24.3 Å². The van der Waals surface area contributed by atoms with Gasteiger partial charge in [0.05, 0.1) is 19.1 Å². The van der Waals surface area contributed by atoms with Crippen molar-refractivity contribution in [2.24, 2.45) is 0 Å². The van der Waals surface area contributed by atoms with Crippen LogP contribution in [0.5, 0.6) is 5.75 Å². The van der Waals surface area contributed by atoms with Crippen molar-refractivity contribution >= 4 is 17.6 Å². The number of aromatic hydroxyl groups is 1. The summed E-state index contributed by atoms with van der Waals surface area (Å²) in [6, 6.07) is 2.88. The van der Waals surface area contributed by atoms with E-state index in [9.17, 15) is 20.1 Å². The lowest BCUT2D eigenvalue weighted by atomic mass is 9.99. The van der Waals surface area contributed by atoms with Crippen LogP contribution in [-0.4, -0.2) is 34.0 Å². The van der Waals surface area contributed by atoms with Gasteiger partial charge in [-0.25, -0.2) is 0 Å². The van der Waals surface area contributed by atoms with Crippen molar-refractivity contribution in [2.45, 2.75) is 32.5 Å². The van der Waals surface area contributed by atoms with Crippen molar-refractivity contribution in [2.75, 3.05) is 6.61 Å². The van der Waals surface area contributed by atoms with Gasteiger partial charge < -0.3 is 20.1 Å². The average Bonchev–Trinajstić information content (AvgIpc) is 2.33. The fourth-order valence-electron chi connectivity index (χ4n) is 1.70. The maximum atomic E-state index is 11.2. The number of carbonyl (C=O) groups is 1. The molecule has 5 nitrogen and oxygen atoms in total. The number of aliphatic hydroxyl groups is 2. The lowest BCUT2D eigenvalue weighted by Gasteiger charge is -2.19. The van der Waals surface area contributed by atoms with Gasteiger partial charge in [0.25, 0.3) is 0 Å². The molecule has 0 aliphatic heterocycles. The zero-order valence-electron chi connectivity index (χ0n) is 10.8. The summed E-state index contributed by atoms with van der Waals surface area (Å²) in [6.45, 7) is 3.46. The summed E-state index contributed by atoms with van der Waals surface area (Å²) >= 11 is 5.83. The summed E-state index contributed by atoms with van der Waals surface area (Å²) in [5.74, 6) is -0.771. The summed E-state index contributed by atoms with van der Waals surface area (Å²) in [4.78, 5) is 11.2. The molecule has 0 aliphatic rings. The first-order valence-corrected chi connectivity index (χ1v) is 6.25. The zero-order chi connectivity index (χ0) is 14.6. The number of benzene rings is 1. The number of carbonyl (C=O) groups excluding carboxylic acids is 1. The first kappa shape index (κ1) is 15.8. The molecule has 0 bridgehead atoms. The predicted octanol–water partition coefficient (Wildman–Crippen LogP) is 1.70. The van der Waals surface area contributed by atoms with Gasteiger partial charge in [-0.1, -0.05) is 11.6 Å². The third kappa shape index (κ3) is 4.09. The van der Waals surface area contributed by atoms with Gasteiger partial charge in [-0.05, 0) is 31.5 Å². The maximum absolute atomic E-state index is 11.2. The fourth-order valence-corrected chi connectivity index (χ4v) is 1.98. The number of rotatable bonds is 5. The Kier molecular flexibility index (Phi) is 5.60. The molecular formula is C13H17ClO5. The topological polar surface area (TPSA) is 87.0 Å². The molecule has 1 aromatic carbocycles. The Morgan fingerprint density at radius 3 is 2.63 bits per heavy atom. The molecule has 3 N–H and O–H groups in total. The Morgan fingerprint density at radius 1 is 1.42 bits per heavy atom. The molecule has 0 saturated heterocycles. The second-order valence-corrected chi connectivity index (χ2v) is 4.62. The minimum atomic E-state index is -1.41. The number of aliphatic hydroxyl groups excluding tert-OH is 2. The van der Waals surface area contributed by atoms with Gasteiger partial charge in [0.1, 0.15) is 11.9 Å². The van der Waals surface area contributed by atoms with Gasteiger partial charge in [-0.15, -0.1) is 0 Å². The summed E-state index contributed by atoms with van der Waals surface area (Å²) in [5, 5.41) is 29.9. The summed E-state index contributed by atoms with van der Waals surface area (Å²) < 4.78 is 4.68. The largest absolute Gasteiger partial charge is 0.507 e. The zero-order valence-corrected chi connectivity index (χ0v) is 11.5. The van der Waals surface area contributed by atoms with E-state index in [1.165, 1.54) is 12.1 Å². The molecule has 0 aliphatic carbocycles. The van der Waals surface area contributed by atoms with Gasteiger partial charge in [0.2, 0.25) is 0 Å². The van der Waals surface area contributed by atoms with Crippen molar-refractivity contribution in [1.82, 2.24) is 0 Å². The van der Waals surface area contributed by atoms with Crippen molar-refractivity contribution in [3.8, 4) is 5.75 Å². The molecule has 0 heterocycles. The lowest BCUT2D eigenvalue weighted by molar-refractivity contribution is -0.147. The summed E-state index contributed by atoms with van der Waals surface area (Å²) in [6.07, 6.45) is -3.15. The van der Waals surface area contributed by atoms with Gasteiger partial charge in [0.15, 0.2) is 0 Å².